The highest BCUT2D eigenvalue weighted by Crippen LogP contribution is 2.16. The van der Waals surface area contributed by atoms with Crippen LogP contribution in [0.25, 0.3) is 0 Å². The van der Waals surface area contributed by atoms with E-state index in [0.717, 1.165) is 25.2 Å². The number of nitrogens with zero attached hydrogens (tertiary/aromatic N) is 1. The first-order valence-electron chi connectivity index (χ1n) is 7.24. The molecule has 0 amide bonds. The Morgan fingerprint density at radius 1 is 1.25 bits per heavy atom. The van der Waals surface area contributed by atoms with Crippen LogP contribution in [0, 0.1) is 11.8 Å². The molecule has 0 aliphatic carbocycles. The highest BCUT2D eigenvalue weighted by molar-refractivity contribution is 5.41. The highest BCUT2D eigenvalue weighted by Gasteiger charge is 2.22. The molecule has 1 aliphatic heterocycles. The summed E-state index contributed by atoms with van der Waals surface area (Å²) in [7, 11) is 0. The maximum Gasteiger partial charge on any atom is 0.0678 e. The summed E-state index contributed by atoms with van der Waals surface area (Å²) in [6.45, 7) is 7.19. The van der Waals surface area contributed by atoms with Gasteiger partial charge in [0.2, 0.25) is 0 Å². The smallest absolute Gasteiger partial charge is 0.0678 e. The molecular formula is C17H23NO2. The summed E-state index contributed by atoms with van der Waals surface area (Å²) in [5, 5.41) is 8.81. The monoisotopic (exact) mass is 273 g/mol. The third-order valence-corrected chi connectivity index (χ3v) is 3.37. The summed E-state index contributed by atoms with van der Waals surface area (Å²) < 4.78 is 5.77. The number of aliphatic hydroxyl groups is 1. The summed E-state index contributed by atoms with van der Waals surface area (Å²) in [5.74, 6) is 6.16. The average molecular weight is 273 g/mol. The molecule has 20 heavy (non-hydrogen) atoms. The Labute approximate surface area is 121 Å². The lowest BCUT2D eigenvalue weighted by atomic mass is 10.1. The van der Waals surface area contributed by atoms with Gasteiger partial charge in [-0.05, 0) is 25.5 Å². The Kier molecular flexibility index (Phi) is 5.60. The van der Waals surface area contributed by atoms with Gasteiger partial charge in [-0.3, -0.25) is 4.90 Å². The minimum absolute atomic E-state index is 0.119. The molecular weight excluding hydrogens is 250 g/mol. The maximum atomic E-state index is 8.81. The van der Waals surface area contributed by atoms with Crippen molar-refractivity contribution in [1.29, 1.82) is 0 Å². The summed E-state index contributed by atoms with van der Waals surface area (Å²) in [4.78, 5) is 2.42. The summed E-state index contributed by atoms with van der Waals surface area (Å²) in [6, 6.07) is 8.25. The predicted molar refractivity (Wildman–Crippen MR) is 80.3 cm³/mol. The first kappa shape index (κ1) is 15.1. The lowest BCUT2D eigenvalue weighted by molar-refractivity contribution is -0.0705. The van der Waals surface area contributed by atoms with E-state index in [2.05, 4.69) is 42.7 Å². The first-order chi connectivity index (χ1) is 9.69. The molecule has 3 heteroatoms. The quantitative estimate of drug-likeness (QED) is 0.855. The Balaban J connectivity index is 2.07. The molecule has 0 unspecified atom stereocenters. The van der Waals surface area contributed by atoms with Crippen molar-refractivity contribution < 1.29 is 9.84 Å². The molecule has 3 nitrogen and oxygen atoms in total. The second-order valence-corrected chi connectivity index (χ2v) is 5.38. The van der Waals surface area contributed by atoms with Crippen LogP contribution in [0.5, 0.6) is 0 Å². The van der Waals surface area contributed by atoms with Gasteiger partial charge < -0.3 is 9.84 Å². The van der Waals surface area contributed by atoms with Crippen LogP contribution < -0.4 is 0 Å². The van der Waals surface area contributed by atoms with E-state index in [0.29, 0.717) is 6.42 Å². The van der Waals surface area contributed by atoms with Gasteiger partial charge in [0.05, 0.1) is 18.8 Å². The van der Waals surface area contributed by atoms with Crippen LogP contribution in [0.4, 0.5) is 0 Å². The van der Waals surface area contributed by atoms with Crippen LogP contribution in [0.2, 0.25) is 0 Å². The van der Waals surface area contributed by atoms with Gasteiger partial charge in [-0.1, -0.05) is 30.0 Å². The Bertz CT molecular complexity index is 479. The normalized spacial score (nSPS) is 23.1. The van der Waals surface area contributed by atoms with Crippen LogP contribution >= 0.6 is 0 Å². The molecule has 0 bridgehead atoms. The fourth-order valence-electron chi connectivity index (χ4n) is 2.65. The minimum Gasteiger partial charge on any atom is -0.395 e. The van der Waals surface area contributed by atoms with Crippen LogP contribution in [0.3, 0.4) is 0 Å². The van der Waals surface area contributed by atoms with Crippen molar-refractivity contribution in [1.82, 2.24) is 4.90 Å². The fourth-order valence-corrected chi connectivity index (χ4v) is 2.65. The lowest BCUT2D eigenvalue weighted by Gasteiger charge is -2.35. The largest absolute Gasteiger partial charge is 0.395 e. The summed E-state index contributed by atoms with van der Waals surface area (Å²) >= 11 is 0. The van der Waals surface area contributed by atoms with Crippen LogP contribution in [-0.2, 0) is 11.3 Å². The topological polar surface area (TPSA) is 32.7 Å². The van der Waals surface area contributed by atoms with Crippen LogP contribution in [-0.4, -0.2) is 41.9 Å². The predicted octanol–water partition coefficient (Wildman–Crippen LogP) is 2.03. The molecule has 2 atom stereocenters. The Morgan fingerprint density at radius 2 is 1.95 bits per heavy atom. The van der Waals surface area contributed by atoms with E-state index in [1.54, 1.807) is 0 Å². The maximum absolute atomic E-state index is 8.81. The Morgan fingerprint density at radius 3 is 2.65 bits per heavy atom. The fraction of sp³-hybridized carbons (Fsp3) is 0.529. The van der Waals surface area contributed by atoms with Gasteiger partial charge >= 0.3 is 0 Å². The van der Waals surface area contributed by atoms with Crippen molar-refractivity contribution in [3.05, 3.63) is 35.4 Å². The van der Waals surface area contributed by atoms with E-state index in [9.17, 15) is 0 Å². The summed E-state index contributed by atoms with van der Waals surface area (Å²) in [5.41, 5.74) is 2.31. The van der Waals surface area contributed by atoms with Crippen molar-refractivity contribution in [3.63, 3.8) is 0 Å². The molecule has 0 aromatic heterocycles. The number of hydrogen-bond donors (Lipinski definition) is 1. The molecule has 1 heterocycles. The molecule has 1 fully saturated rings. The third-order valence-electron chi connectivity index (χ3n) is 3.37. The SMILES string of the molecule is C[C@@H]1CN(Cc2ccccc2C#CCCO)C[C@H](C)O1. The number of hydrogen-bond acceptors (Lipinski definition) is 3. The van der Waals surface area contributed by atoms with Crippen molar-refractivity contribution in [3.8, 4) is 11.8 Å². The minimum atomic E-state index is 0.119. The molecule has 0 saturated carbocycles. The van der Waals surface area contributed by atoms with Gasteiger partial charge in [-0.25, -0.2) is 0 Å². The molecule has 0 radical (unpaired) electrons. The number of benzene rings is 1. The zero-order valence-corrected chi connectivity index (χ0v) is 12.3. The molecule has 2 rings (SSSR count). The van der Waals surface area contributed by atoms with Gasteiger partial charge in [0.25, 0.3) is 0 Å². The number of aliphatic hydroxyl groups excluding tert-OH is 1. The molecule has 1 saturated heterocycles. The van der Waals surface area contributed by atoms with Gasteiger partial charge in [-0.15, -0.1) is 0 Å². The highest BCUT2D eigenvalue weighted by atomic mass is 16.5. The Hall–Kier alpha value is -1.34. The van der Waals surface area contributed by atoms with Gasteiger partial charge in [0, 0.05) is 31.6 Å². The van der Waals surface area contributed by atoms with Gasteiger partial charge in [-0.2, -0.15) is 0 Å². The molecule has 1 aromatic carbocycles. The molecule has 0 spiro atoms. The van der Waals surface area contributed by atoms with E-state index in [1.807, 2.05) is 12.1 Å². The van der Waals surface area contributed by atoms with Crippen molar-refractivity contribution in [2.45, 2.75) is 39.0 Å². The number of rotatable bonds is 3. The molecule has 1 N–H and O–H groups in total. The second kappa shape index (κ2) is 7.44. The van der Waals surface area contributed by atoms with Crippen molar-refractivity contribution >= 4 is 0 Å². The average Bonchev–Trinajstić information content (AvgIpc) is 2.40. The zero-order chi connectivity index (χ0) is 14.4. The standard InChI is InChI=1S/C17H23NO2/c1-14-11-18(12-15(2)20-14)13-17-9-4-3-7-16(17)8-5-6-10-19/h3-4,7,9,14-15,19H,6,10-13H2,1-2H3/t14-,15+. The third kappa shape index (κ3) is 4.35. The number of ether oxygens (including phenoxy) is 1. The van der Waals surface area contributed by atoms with Crippen LogP contribution in [0.1, 0.15) is 31.4 Å². The van der Waals surface area contributed by atoms with E-state index in [1.165, 1.54) is 5.56 Å². The number of morpholine rings is 1. The first-order valence-corrected chi connectivity index (χ1v) is 7.24. The second-order valence-electron chi connectivity index (χ2n) is 5.38. The lowest BCUT2D eigenvalue weighted by Crippen LogP contribution is -2.44. The van der Waals surface area contributed by atoms with Crippen molar-refractivity contribution in [2.75, 3.05) is 19.7 Å². The van der Waals surface area contributed by atoms with E-state index >= 15 is 0 Å². The van der Waals surface area contributed by atoms with E-state index in [4.69, 9.17) is 9.84 Å². The zero-order valence-electron chi connectivity index (χ0n) is 12.3. The van der Waals surface area contributed by atoms with Gasteiger partial charge in [0.1, 0.15) is 0 Å². The molecule has 1 aliphatic rings. The van der Waals surface area contributed by atoms with Crippen LogP contribution in [0.15, 0.2) is 24.3 Å². The summed E-state index contributed by atoms with van der Waals surface area (Å²) in [6.07, 6.45) is 1.10. The van der Waals surface area contributed by atoms with E-state index < -0.39 is 0 Å². The van der Waals surface area contributed by atoms with E-state index in [-0.39, 0.29) is 18.8 Å². The molecule has 1 aromatic rings. The van der Waals surface area contributed by atoms with Crippen molar-refractivity contribution in [2.24, 2.45) is 0 Å². The molecule has 108 valence electrons. The van der Waals surface area contributed by atoms with Gasteiger partial charge in [0.15, 0.2) is 0 Å².